The van der Waals surface area contributed by atoms with Gasteiger partial charge in [-0.05, 0) is 18.7 Å². The van der Waals surface area contributed by atoms with Crippen LogP contribution >= 0.6 is 11.8 Å². The first-order chi connectivity index (χ1) is 7.85. The third-order valence-corrected chi connectivity index (χ3v) is 3.26. The fourth-order valence-electron chi connectivity index (χ4n) is 1.63. The van der Waals surface area contributed by atoms with Crippen LogP contribution in [-0.4, -0.2) is 32.6 Å². The molecule has 1 unspecified atom stereocenters. The number of hydrogen-bond acceptors (Lipinski definition) is 4. The fourth-order valence-corrected chi connectivity index (χ4v) is 2.35. The van der Waals surface area contributed by atoms with E-state index in [9.17, 15) is 0 Å². The van der Waals surface area contributed by atoms with Crippen LogP contribution in [0.15, 0.2) is 24.7 Å². The van der Waals surface area contributed by atoms with E-state index in [-0.39, 0.29) is 0 Å². The van der Waals surface area contributed by atoms with Gasteiger partial charge < -0.3 is 5.32 Å². The van der Waals surface area contributed by atoms with Crippen molar-refractivity contribution in [3.63, 3.8) is 0 Å². The normalized spacial score (nSPS) is 12.9. The molecule has 0 saturated heterocycles. The average molecular weight is 236 g/mol. The van der Waals surface area contributed by atoms with Crippen LogP contribution < -0.4 is 5.32 Å². The van der Waals surface area contributed by atoms with E-state index in [1.54, 1.807) is 12.4 Å². The van der Waals surface area contributed by atoms with Gasteiger partial charge in [0.2, 0.25) is 0 Å². The first-order valence-corrected chi connectivity index (χ1v) is 6.78. The molecule has 0 aromatic carbocycles. The monoisotopic (exact) mass is 236 g/mol. The molecule has 0 aliphatic carbocycles. The molecule has 2 aromatic rings. The smallest absolute Gasteiger partial charge is 0.152 e. The van der Waals surface area contributed by atoms with E-state index in [1.807, 2.05) is 28.5 Å². The third-order valence-electron chi connectivity index (χ3n) is 2.53. The molecule has 0 aliphatic heterocycles. The lowest BCUT2D eigenvalue weighted by atomic mass is 10.2. The van der Waals surface area contributed by atoms with E-state index in [0.29, 0.717) is 6.04 Å². The highest BCUT2D eigenvalue weighted by Crippen LogP contribution is 2.15. The lowest BCUT2D eigenvalue weighted by molar-refractivity contribution is 0.769. The molecule has 0 radical (unpaired) electrons. The Morgan fingerprint density at radius 1 is 1.50 bits per heavy atom. The summed E-state index contributed by atoms with van der Waals surface area (Å²) >= 11 is 1.85. The summed E-state index contributed by atoms with van der Waals surface area (Å²) in [7, 11) is 0. The Morgan fingerprint density at radius 3 is 3.12 bits per heavy atom. The molecule has 1 atom stereocenters. The van der Waals surface area contributed by atoms with Crippen LogP contribution in [0, 0.1) is 0 Å². The van der Waals surface area contributed by atoms with E-state index in [0.717, 1.165) is 23.5 Å². The Morgan fingerprint density at radius 2 is 2.38 bits per heavy atom. The van der Waals surface area contributed by atoms with Gasteiger partial charge in [0, 0.05) is 24.2 Å². The van der Waals surface area contributed by atoms with Gasteiger partial charge in [-0.3, -0.25) is 0 Å². The Labute approximate surface area is 99.5 Å². The molecule has 0 amide bonds. The maximum absolute atomic E-state index is 4.37. The predicted molar refractivity (Wildman–Crippen MR) is 69.1 cm³/mol. The molecule has 2 heterocycles. The molecular weight excluding hydrogens is 220 g/mol. The van der Waals surface area contributed by atoms with Crippen LogP contribution in [0.3, 0.4) is 0 Å². The molecule has 86 valence electrons. The van der Waals surface area contributed by atoms with Gasteiger partial charge in [0.25, 0.3) is 0 Å². The van der Waals surface area contributed by atoms with Crippen molar-refractivity contribution in [2.45, 2.75) is 19.4 Å². The fraction of sp³-hybridized carbons (Fsp3) is 0.455. The van der Waals surface area contributed by atoms with E-state index in [1.165, 1.54) is 0 Å². The molecule has 0 fully saturated rings. The summed E-state index contributed by atoms with van der Waals surface area (Å²) in [5, 5.41) is 7.66. The molecule has 0 aliphatic rings. The maximum Gasteiger partial charge on any atom is 0.152 e. The van der Waals surface area contributed by atoms with Crippen molar-refractivity contribution in [1.29, 1.82) is 0 Å². The number of thioether (sulfide) groups is 1. The van der Waals surface area contributed by atoms with Gasteiger partial charge in [0.15, 0.2) is 5.82 Å². The molecule has 2 aromatic heterocycles. The van der Waals surface area contributed by atoms with Crippen LogP contribution in [0.4, 0.5) is 5.82 Å². The minimum Gasteiger partial charge on any atom is -0.365 e. The quantitative estimate of drug-likeness (QED) is 0.865. The highest BCUT2D eigenvalue weighted by molar-refractivity contribution is 7.98. The number of rotatable bonds is 5. The van der Waals surface area contributed by atoms with Crippen molar-refractivity contribution in [2.24, 2.45) is 0 Å². The van der Waals surface area contributed by atoms with Crippen LogP contribution in [-0.2, 0) is 0 Å². The van der Waals surface area contributed by atoms with Crippen molar-refractivity contribution < 1.29 is 0 Å². The minimum atomic E-state index is 0.462. The Bertz CT molecular complexity index is 454. The summed E-state index contributed by atoms with van der Waals surface area (Å²) < 4.78 is 1.83. The molecule has 5 heteroatoms. The summed E-state index contributed by atoms with van der Waals surface area (Å²) in [6.07, 6.45) is 8.64. The van der Waals surface area contributed by atoms with E-state index in [2.05, 4.69) is 28.6 Å². The summed E-state index contributed by atoms with van der Waals surface area (Å²) in [6.45, 7) is 2.18. The first-order valence-electron chi connectivity index (χ1n) is 5.39. The SMILES string of the molecule is CCC(CSC)Nc1nccn2nccc12. The van der Waals surface area contributed by atoms with Gasteiger partial charge in [-0.25, -0.2) is 9.50 Å². The van der Waals surface area contributed by atoms with Gasteiger partial charge in [0.1, 0.15) is 5.52 Å². The molecule has 4 nitrogen and oxygen atoms in total. The van der Waals surface area contributed by atoms with E-state index >= 15 is 0 Å². The first kappa shape index (κ1) is 11.3. The molecular formula is C11H16N4S. The van der Waals surface area contributed by atoms with E-state index < -0.39 is 0 Å². The van der Waals surface area contributed by atoms with Crippen LogP contribution in [0.1, 0.15) is 13.3 Å². The van der Waals surface area contributed by atoms with Crippen molar-refractivity contribution in [3.8, 4) is 0 Å². The summed E-state index contributed by atoms with van der Waals surface area (Å²) in [4.78, 5) is 4.37. The largest absolute Gasteiger partial charge is 0.365 e. The second-order valence-corrected chi connectivity index (χ2v) is 4.55. The third kappa shape index (κ3) is 2.29. The van der Waals surface area contributed by atoms with Crippen molar-refractivity contribution in [1.82, 2.24) is 14.6 Å². The minimum absolute atomic E-state index is 0.462. The molecule has 1 N–H and O–H groups in total. The van der Waals surface area contributed by atoms with Gasteiger partial charge in [-0.2, -0.15) is 16.9 Å². The zero-order valence-corrected chi connectivity index (χ0v) is 10.4. The lowest BCUT2D eigenvalue weighted by Gasteiger charge is -2.16. The highest BCUT2D eigenvalue weighted by Gasteiger charge is 2.08. The average Bonchev–Trinajstić information content (AvgIpc) is 2.77. The van der Waals surface area contributed by atoms with Crippen molar-refractivity contribution in [2.75, 3.05) is 17.3 Å². The number of anilines is 1. The number of fused-ring (bicyclic) bond motifs is 1. The van der Waals surface area contributed by atoms with Gasteiger partial charge >= 0.3 is 0 Å². The van der Waals surface area contributed by atoms with Gasteiger partial charge in [-0.1, -0.05) is 6.92 Å². The second-order valence-electron chi connectivity index (χ2n) is 3.64. The zero-order chi connectivity index (χ0) is 11.4. The number of nitrogens with zero attached hydrogens (tertiary/aromatic N) is 3. The Balaban J connectivity index is 2.22. The zero-order valence-electron chi connectivity index (χ0n) is 9.55. The summed E-state index contributed by atoms with van der Waals surface area (Å²) in [5.74, 6) is 2.01. The standard InChI is InChI=1S/C11H16N4S/c1-3-9(8-16-2)14-11-10-4-5-13-15(10)7-6-12-11/h4-7,9H,3,8H2,1-2H3,(H,12,14). The van der Waals surface area contributed by atoms with E-state index in [4.69, 9.17) is 0 Å². The molecule has 0 saturated carbocycles. The maximum atomic E-state index is 4.37. The van der Waals surface area contributed by atoms with Gasteiger partial charge in [-0.15, -0.1) is 0 Å². The topological polar surface area (TPSA) is 42.2 Å². The van der Waals surface area contributed by atoms with Crippen LogP contribution in [0.2, 0.25) is 0 Å². The number of aromatic nitrogens is 3. The van der Waals surface area contributed by atoms with Crippen molar-refractivity contribution >= 4 is 23.1 Å². The molecule has 16 heavy (non-hydrogen) atoms. The Hall–Kier alpha value is -1.23. The van der Waals surface area contributed by atoms with Crippen LogP contribution in [0.5, 0.6) is 0 Å². The molecule has 0 bridgehead atoms. The van der Waals surface area contributed by atoms with Gasteiger partial charge in [0.05, 0.1) is 6.20 Å². The predicted octanol–water partition coefficient (Wildman–Crippen LogP) is 2.28. The molecule has 2 rings (SSSR count). The number of nitrogens with one attached hydrogen (secondary N) is 1. The number of hydrogen-bond donors (Lipinski definition) is 1. The molecule has 0 spiro atoms. The van der Waals surface area contributed by atoms with Crippen molar-refractivity contribution in [3.05, 3.63) is 24.7 Å². The second kappa shape index (κ2) is 5.21. The Kier molecular flexibility index (Phi) is 3.66. The lowest BCUT2D eigenvalue weighted by Crippen LogP contribution is -2.22. The summed E-state index contributed by atoms with van der Waals surface area (Å²) in [5.41, 5.74) is 1.03. The highest BCUT2D eigenvalue weighted by atomic mass is 32.2. The van der Waals surface area contributed by atoms with Crippen LogP contribution in [0.25, 0.3) is 5.52 Å². The summed E-state index contributed by atoms with van der Waals surface area (Å²) in [6, 6.07) is 2.44.